The molecule has 94 valence electrons. The molecule has 1 unspecified atom stereocenters. The van der Waals surface area contributed by atoms with Gasteiger partial charge in [0.2, 0.25) is 5.91 Å². The zero-order chi connectivity index (χ0) is 12.8. The van der Waals surface area contributed by atoms with Crippen LogP contribution in [0.5, 0.6) is 0 Å². The highest BCUT2D eigenvalue weighted by molar-refractivity contribution is 5.79. The molecule has 0 rings (SSSR count). The number of hydrogen-bond donors (Lipinski definition) is 2. The van der Waals surface area contributed by atoms with Gasteiger partial charge in [-0.2, -0.15) is 0 Å². The van der Waals surface area contributed by atoms with Gasteiger partial charge in [-0.15, -0.1) is 0 Å². The van der Waals surface area contributed by atoms with Crippen LogP contribution in [0.15, 0.2) is 0 Å². The van der Waals surface area contributed by atoms with E-state index in [2.05, 4.69) is 10.1 Å². The van der Waals surface area contributed by atoms with E-state index < -0.39 is 17.7 Å². The highest BCUT2D eigenvalue weighted by Crippen LogP contribution is 2.05. The Morgan fingerprint density at radius 3 is 2.31 bits per heavy atom. The van der Waals surface area contributed by atoms with Crippen LogP contribution >= 0.6 is 0 Å². The molecule has 0 radical (unpaired) electrons. The van der Waals surface area contributed by atoms with Crippen molar-refractivity contribution in [2.45, 2.75) is 32.5 Å². The summed E-state index contributed by atoms with van der Waals surface area (Å²) in [7, 11) is 1.27. The number of methoxy groups -OCH3 is 1. The molecule has 0 aromatic heterocycles. The summed E-state index contributed by atoms with van der Waals surface area (Å²) < 4.78 is 9.87. The molecule has 0 aliphatic rings. The monoisotopic (exact) mass is 233 g/mol. The maximum atomic E-state index is 11.2. The highest BCUT2D eigenvalue weighted by Gasteiger charge is 2.18. The Morgan fingerprint density at radius 1 is 1.38 bits per heavy atom. The van der Waals surface area contributed by atoms with Crippen LogP contribution < -0.4 is 5.32 Å². The minimum Gasteiger partial charge on any atom is -0.479 e. The zero-order valence-electron chi connectivity index (χ0n) is 10.1. The molecule has 1 atom stereocenters. The first-order chi connectivity index (χ1) is 7.26. The van der Waals surface area contributed by atoms with E-state index in [1.54, 1.807) is 0 Å². The maximum Gasteiger partial charge on any atom is 0.334 e. The third-order valence-corrected chi connectivity index (χ3v) is 1.68. The van der Waals surface area contributed by atoms with Gasteiger partial charge in [-0.25, -0.2) is 4.79 Å². The van der Waals surface area contributed by atoms with Crippen LogP contribution in [0, 0.1) is 0 Å². The molecule has 0 saturated heterocycles. The molecule has 2 N–H and O–H groups in total. The standard InChI is InChI=1S/C10H19NO5/c1-10(2,3)16-6-8(12)11-5-7(15-4)9(13)14/h7H,5-6H2,1-4H3,(H,11,12)(H,13,14). The van der Waals surface area contributed by atoms with Gasteiger partial charge >= 0.3 is 5.97 Å². The van der Waals surface area contributed by atoms with Crippen molar-refractivity contribution in [1.29, 1.82) is 0 Å². The SMILES string of the molecule is COC(CNC(=O)COC(C)(C)C)C(=O)O. The van der Waals surface area contributed by atoms with Crippen molar-refractivity contribution in [3.8, 4) is 0 Å². The first-order valence-electron chi connectivity index (χ1n) is 4.92. The van der Waals surface area contributed by atoms with Crippen molar-refractivity contribution >= 4 is 11.9 Å². The molecule has 0 aromatic rings. The van der Waals surface area contributed by atoms with Crippen LogP contribution in [0.25, 0.3) is 0 Å². The number of amides is 1. The molecule has 6 heteroatoms. The van der Waals surface area contributed by atoms with E-state index in [0.717, 1.165) is 0 Å². The van der Waals surface area contributed by atoms with Crippen molar-refractivity contribution in [2.24, 2.45) is 0 Å². The summed E-state index contributed by atoms with van der Waals surface area (Å²) in [5, 5.41) is 11.1. The number of carbonyl (C=O) groups excluding carboxylic acids is 1. The van der Waals surface area contributed by atoms with Gasteiger partial charge in [-0.05, 0) is 20.8 Å². The molecule has 0 aliphatic carbocycles. The third kappa shape index (κ3) is 7.19. The van der Waals surface area contributed by atoms with E-state index in [1.165, 1.54) is 7.11 Å². The molecule has 0 bridgehead atoms. The molecule has 0 saturated carbocycles. The Hall–Kier alpha value is -1.14. The Balaban J connectivity index is 3.85. The fourth-order valence-corrected chi connectivity index (χ4v) is 0.811. The molecule has 0 fully saturated rings. The second kappa shape index (κ2) is 6.44. The number of rotatable bonds is 6. The van der Waals surface area contributed by atoms with E-state index in [9.17, 15) is 9.59 Å². The van der Waals surface area contributed by atoms with E-state index in [1.807, 2.05) is 20.8 Å². The summed E-state index contributed by atoms with van der Waals surface area (Å²) in [6.07, 6.45) is -1.03. The number of aliphatic carboxylic acids is 1. The van der Waals surface area contributed by atoms with Crippen molar-refractivity contribution in [2.75, 3.05) is 20.3 Å². The maximum absolute atomic E-state index is 11.2. The van der Waals surface area contributed by atoms with Crippen LogP contribution in [-0.2, 0) is 19.1 Å². The predicted molar refractivity (Wildman–Crippen MR) is 57.1 cm³/mol. The van der Waals surface area contributed by atoms with E-state index in [4.69, 9.17) is 9.84 Å². The predicted octanol–water partition coefficient (Wildman–Crippen LogP) is 0.0173. The molecule has 0 aromatic carbocycles. The minimum absolute atomic E-state index is 0.0713. The molecule has 0 heterocycles. The summed E-state index contributed by atoms with van der Waals surface area (Å²) in [4.78, 5) is 21.8. The van der Waals surface area contributed by atoms with Crippen molar-refractivity contribution in [1.82, 2.24) is 5.32 Å². The Labute approximate surface area is 94.9 Å². The van der Waals surface area contributed by atoms with Crippen molar-refractivity contribution in [3.05, 3.63) is 0 Å². The minimum atomic E-state index is -1.11. The third-order valence-electron chi connectivity index (χ3n) is 1.68. The number of ether oxygens (including phenoxy) is 2. The molecule has 16 heavy (non-hydrogen) atoms. The summed E-state index contributed by atoms with van der Waals surface area (Å²) in [6.45, 7) is 5.32. The fourth-order valence-electron chi connectivity index (χ4n) is 0.811. The van der Waals surface area contributed by atoms with Gasteiger partial charge in [0, 0.05) is 7.11 Å². The van der Waals surface area contributed by atoms with Gasteiger partial charge in [0.1, 0.15) is 6.61 Å². The quantitative estimate of drug-likeness (QED) is 0.675. The van der Waals surface area contributed by atoms with Crippen molar-refractivity contribution < 1.29 is 24.2 Å². The Kier molecular flexibility index (Phi) is 5.98. The van der Waals surface area contributed by atoms with Crippen molar-refractivity contribution in [3.63, 3.8) is 0 Å². The largest absolute Gasteiger partial charge is 0.479 e. The lowest BCUT2D eigenvalue weighted by molar-refractivity contribution is -0.148. The Morgan fingerprint density at radius 2 is 1.94 bits per heavy atom. The average molecular weight is 233 g/mol. The summed E-state index contributed by atoms with van der Waals surface area (Å²) >= 11 is 0. The van der Waals surface area contributed by atoms with Crippen LogP contribution in [0.2, 0.25) is 0 Å². The van der Waals surface area contributed by atoms with Gasteiger partial charge in [0.05, 0.1) is 12.1 Å². The number of carboxylic acid groups (broad SMARTS) is 1. The summed E-state index contributed by atoms with van der Waals surface area (Å²) in [6, 6.07) is 0. The molecule has 0 spiro atoms. The van der Waals surface area contributed by atoms with Gasteiger partial charge in [0.25, 0.3) is 0 Å². The Bertz CT molecular complexity index is 246. The lowest BCUT2D eigenvalue weighted by atomic mass is 10.2. The zero-order valence-corrected chi connectivity index (χ0v) is 10.1. The first kappa shape index (κ1) is 14.9. The lowest BCUT2D eigenvalue weighted by Crippen LogP contribution is -2.40. The lowest BCUT2D eigenvalue weighted by Gasteiger charge is -2.19. The molecular formula is C10H19NO5. The molecule has 0 aliphatic heterocycles. The number of hydrogen-bond acceptors (Lipinski definition) is 4. The van der Waals surface area contributed by atoms with E-state index in [0.29, 0.717) is 0 Å². The summed E-state index contributed by atoms with van der Waals surface area (Å²) in [5.41, 5.74) is -0.398. The smallest absolute Gasteiger partial charge is 0.334 e. The number of nitrogens with one attached hydrogen (secondary N) is 1. The fraction of sp³-hybridized carbons (Fsp3) is 0.800. The van der Waals surface area contributed by atoms with Crippen LogP contribution in [-0.4, -0.2) is 48.9 Å². The van der Waals surface area contributed by atoms with Gasteiger partial charge in [-0.3, -0.25) is 4.79 Å². The first-order valence-corrected chi connectivity index (χ1v) is 4.92. The van der Waals surface area contributed by atoms with Crippen LogP contribution in [0.4, 0.5) is 0 Å². The van der Waals surface area contributed by atoms with E-state index in [-0.39, 0.29) is 19.1 Å². The summed E-state index contributed by atoms with van der Waals surface area (Å²) in [5.74, 6) is -1.47. The van der Waals surface area contributed by atoms with Gasteiger partial charge < -0.3 is 19.9 Å². The molecular weight excluding hydrogens is 214 g/mol. The topological polar surface area (TPSA) is 84.9 Å². The van der Waals surface area contributed by atoms with Crippen LogP contribution in [0.1, 0.15) is 20.8 Å². The van der Waals surface area contributed by atoms with Gasteiger partial charge in [0.15, 0.2) is 6.10 Å². The van der Waals surface area contributed by atoms with Gasteiger partial charge in [-0.1, -0.05) is 0 Å². The molecule has 1 amide bonds. The average Bonchev–Trinajstić information content (AvgIpc) is 2.14. The number of carboxylic acids is 1. The van der Waals surface area contributed by atoms with E-state index >= 15 is 0 Å². The molecule has 6 nitrogen and oxygen atoms in total. The van der Waals surface area contributed by atoms with Crippen LogP contribution in [0.3, 0.4) is 0 Å². The second-order valence-corrected chi connectivity index (χ2v) is 4.27. The number of carbonyl (C=O) groups is 2. The normalized spacial score (nSPS) is 13.2. The highest BCUT2D eigenvalue weighted by atomic mass is 16.5. The second-order valence-electron chi connectivity index (χ2n) is 4.27.